The Kier molecular flexibility index (Phi) is 6.55. The molecule has 0 radical (unpaired) electrons. The Labute approximate surface area is 112 Å². The van der Waals surface area contributed by atoms with Crippen LogP contribution < -0.4 is 10.1 Å². The zero-order chi connectivity index (χ0) is 12.7. The largest absolute Gasteiger partial charge is 0.497 e. The number of methoxy groups -OCH3 is 1. The van der Waals surface area contributed by atoms with E-state index >= 15 is 0 Å². The lowest BCUT2D eigenvalue weighted by Gasteiger charge is -2.18. The molecule has 0 saturated heterocycles. The average Bonchev–Trinajstić information content (AvgIpc) is 2.32. The molecule has 0 aromatic heterocycles. The Balaban J connectivity index is 2.54. The van der Waals surface area contributed by atoms with Crippen molar-refractivity contribution in [3.63, 3.8) is 0 Å². The number of nitrogens with zero attached hydrogens (tertiary/aromatic N) is 1. The highest BCUT2D eigenvalue weighted by molar-refractivity contribution is 9.10. The van der Waals surface area contributed by atoms with Crippen LogP contribution in [0, 0.1) is 0 Å². The highest BCUT2D eigenvalue weighted by Crippen LogP contribution is 2.23. The number of benzene rings is 1. The van der Waals surface area contributed by atoms with Crippen LogP contribution in [0.3, 0.4) is 0 Å². The highest BCUT2D eigenvalue weighted by Gasteiger charge is 2.05. The van der Waals surface area contributed by atoms with E-state index in [-0.39, 0.29) is 0 Å². The Hall–Kier alpha value is -0.580. The van der Waals surface area contributed by atoms with E-state index < -0.39 is 0 Å². The van der Waals surface area contributed by atoms with Crippen molar-refractivity contribution in [3.8, 4) is 5.75 Å². The van der Waals surface area contributed by atoms with Crippen LogP contribution in [0.15, 0.2) is 22.7 Å². The van der Waals surface area contributed by atoms with E-state index in [4.69, 9.17) is 4.74 Å². The van der Waals surface area contributed by atoms with Crippen molar-refractivity contribution in [3.05, 3.63) is 28.2 Å². The fourth-order valence-corrected chi connectivity index (χ4v) is 1.99. The molecule has 0 aliphatic carbocycles. The normalized spacial score (nSPS) is 10.9. The molecule has 1 aromatic rings. The maximum absolute atomic E-state index is 5.24. The smallest absolute Gasteiger partial charge is 0.119 e. The molecule has 1 aromatic carbocycles. The Morgan fingerprint density at radius 1 is 1.41 bits per heavy atom. The minimum Gasteiger partial charge on any atom is -0.497 e. The van der Waals surface area contributed by atoms with Gasteiger partial charge in [-0.15, -0.1) is 0 Å². The molecule has 0 spiro atoms. The van der Waals surface area contributed by atoms with E-state index in [1.54, 1.807) is 7.11 Å². The second kappa shape index (κ2) is 7.69. The minimum atomic E-state index is 0.906. The molecule has 1 N–H and O–H groups in total. The van der Waals surface area contributed by atoms with Gasteiger partial charge in [0.1, 0.15) is 5.75 Å². The molecule has 4 heteroatoms. The van der Waals surface area contributed by atoms with Gasteiger partial charge in [-0.2, -0.15) is 0 Å². The Bertz CT molecular complexity index is 344. The summed E-state index contributed by atoms with van der Waals surface area (Å²) >= 11 is 3.57. The van der Waals surface area contributed by atoms with Crippen molar-refractivity contribution in [2.45, 2.75) is 13.5 Å². The quantitative estimate of drug-likeness (QED) is 0.783. The van der Waals surface area contributed by atoms with Crippen LogP contribution in [-0.4, -0.2) is 38.7 Å². The van der Waals surface area contributed by atoms with Crippen LogP contribution in [0.2, 0.25) is 0 Å². The molecule has 96 valence electrons. The predicted octanol–water partition coefficient (Wildman–Crippen LogP) is 2.50. The summed E-state index contributed by atoms with van der Waals surface area (Å²) < 4.78 is 6.37. The fourth-order valence-electron chi connectivity index (χ4n) is 1.62. The van der Waals surface area contributed by atoms with Gasteiger partial charge in [0.15, 0.2) is 0 Å². The third-order valence-corrected chi connectivity index (χ3v) is 3.39. The van der Waals surface area contributed by atoms with Crippen LogP contribution in [0.1, 0.15) is 12.5 Å². The molecule has 1 rings (SSSR count). The molecule has 0 heterocycles. The standard InChI is InChI=1S/C13H21BrN2O/c1-4-15-7-8-16(2)10-11-9-12(17-3)5-6-13(11)14/h5-6,9,15H,4,7-8,10H2,1-3H3. The van der Waals surface area contributed by atoms with Crippen molar-refractivity contribution in [2.24, 2.45) is 0 Å². The summed E-state index contributed by atoms with van der Waals surface area (Å²) in [4.78, 5) is 2.29. The molecular formula is C13H21BrN2O. The van der Waals surface area contributed by atoms with Gasteiger partial charge < -0.3 is 15.0 Å². The summed E-state index contributed by atoms with van der Waals surface area (Å²) in [7, 11) is 3.82. The van der Waals surface area contributed by atoms with Gasteiger partial charge >= 0.3 is 0 Å². The second-order valence-electron chi connectivity index (χ2n) is 4.05. The Morgan fingerprint density at radius 2 is 2.18 bits per heavy atom. The van der Waals surface area contributed by atoms with Gasteiger partial charge in [-0.25, -0.2) is 0 Å². The topological polar surface area (TPSA) is 24.5 Å². The summed E-state index contributed by atoms with van der Waals surface area (Å²) in [5, 5.41) is 3.32. The van der Waals surface area contributed by atoms with Gasteiger partial charge in [0.25, 0.3) is 0 Å². The van der Waals surface area contributed by atoms with E-state index in [0.29, 0.717) is 0 Å². The number of likely N-dealkylation sites (N-methyl/N-ethyl adjacent to an activating group) is 2. The molecule has 0 aliphatic heterocycles. The van der Waals surface area contributed by atoms with Crippen molar-refractivity contribution < 1.29 is 4.74 Å². The summed E-state index contributed by atoms with van der Waals surface area (Å²) in [6.45, 7) is 6.13. The highest BCUT2D eigenvalue weighted by atomic mass is 79.9. The predicted molar refractivity (Wildman–Crippen MR) is 75.6 cm³/mol. The molecule has 0 atom stereocenters. The summed E-state index contributed by atoms with van der Waals surface area (Å²) in [5.74, 6) is 0.906. The van der Waals surface area contributed by atoms with Crippen molar-refractivity contribution in [2.75, 3.05) is 33.8 Å². The second-order valence-corrected chi connectivity index (χ2v) is 4.90. The van der Waals surface area contributed by atoms with Crippen LogP contribution in [0.4, 0.5) is 0 Å². The van der Waals surface area contributed by atoms with Crippen LogP contribution in [0.25, 0.3) is 0 Å². The maximum atomic E-state index is 5.24. The summed E-state index contributed by atoms with van der Waals surface area (Å²) in [6, 6.07) is 6.08. The molecule has 0 bridgehead atoms. The van der Waals surface area contributed by atoms with Gasteiger partial charge in [0.2, 0.25) is 0 Å². The van der Waals surface area contributed by atoms with Crippen LogP contribution >= 0.6 is 15.9 Å². The molecule has 3 nitrogen and oxygen atoms in total. The number of rotatable bonds is 7. The molecular weight excluding hydrogens is 280 g/mol. The minimum absolute atomic E-state index is 0.906. The lowest BCUT2D eigenvalue weighted by atomic mass is 10.2. The zero-order valence-electron chi connectivity index (χ0n) is 10.8. The van der Waals surface area contributed by atoms with Gasteiger partial charge in [-0.05, 0) is 37.4 Å². The maximum Gasteiger partial charge on any atom is 0.119 e. The lowest BCUT2D eigenvalue weighted by Crippen LogP contribution is -2.28. The van der Waals surface area contributed by atoms with E-state index in [9.17, 15) is 0 Å². The molecule has 0 amide bonds. The van der Waals surface area contributed by atoms with E-state index in [2.05, 4.69) is 46.2 Å². The SMILES string of the molecule is CCNCCN(C)Cc1cc(OC)ccc1Br. The van der Waals surface area contributed by atoms with Crippen molar-refractivity contribution in [1.82, 2.24) is 10.2 Å². The first-order valence-electron chi connectivity index (χ1n) is 5.89. The summed E-state index contributed by atoms with van der Waals surface area (Å²) in [5.41, 5.74) is 1.25. The fraction of sp³-hybridized carbons (Fsp3) is 0.538. The van der Waals surface area contributed by atoms with E-state index in [0.717, 1.165) is 36.4 Å². The third-order valence-electron chi connectivity index (χ3n) is 2.61. The first-order chi connectivity index (χ1) is 8.17. The molecule has 17 heavy (non-hydrogen) atoms. The van der Waals surface area contributed by atoms with Gasteiger partial charge in [0, 0.05) is 24.1 Å². The Morgan fingerprint density at radius 3 is 2.82 bits per heavy atom. The molecule has 0 unspecified atom stereocenters. The number of hydrogen-bond acceptors (Lipinski definition) is 3. The third kappa shape index (κ3) is 5.06. The zero-order valence-corrected chi connectivity index (χ0v) is 12.4. The van der Waals surface area contributed by atoms with Crippen LogP contribution in [-0.2, 0) is 6.54 Å². The van der Waals surface area contributed by atoms with E-state index in [1.807, 2.05) is 12.1 Å². The van der Waals surface area contributed by atoms with Crippen molar-refractivity contribution >= 4 is 15.9 Å². The van der Waals surface area contributed by atoms with Crippen LogP contribution in [0.5, 0.6) is 5.75 Å². The molecule has 0 aliphatic rings. The first kappa shape index (κ1) is 14.5. The lowest BCUT2D eigenvalue weighted by molar-refractivity contribution is 0.324. The number of halogens is 1. The summed E-state index contributed by atoms with van der Waals surface area (Å²) in [6.07, 6.45) is 0. The molecule has 0 saturated carbocycles. The number of ether oxygens (including phenoxy) is 1. The van der Waals surface area contributed by atoms with Crippen molar-refractivity contribution in [1.29, 1.82) is 0 Å². The van der Waals surface area contributed by atoms with Gasteiger partial charge in [0.05, 0.1) is 7.11 Å². The van der Waals surface area contributed by atoms with E-state index in [1.165, 1.54) is 5.56 Å². The monoisotopic (exact) mass is 300 g/mol. The molecule has 0 fully saturated rings. The number of hydrogen-bond donors (Lipinski definition) is 1. The van der Waals surface area contributed by atoms with Gasteiger partial charge in [-0.1, -0.05) is 22.9 Å². The number of nitrogens with one attached hydrogen (secondary N) is 1. The average molecular weight is 301 g/mol. The first-order valence-corrected chi connectivity index (χ1v) is 6.68. The van der Waals surface area contributed by atoms with Gasteiger partial charge in [-0.3, -0.25) is 0 Å².